The molecule has 0 radical (unpaired) electrons. The van der Waals surface area contributed by atoms with E-state index in [2.05, 4.69) is 15.5 Å². The Hall–Kier alpha value is -2.89. The first-order valence-corrected chi connectivity index (χ1v) is 9.63. The highest BCUT2D eigenvalue weighted by atomic mass is 19.4. The number of alkyl halides is 6. The van der Waals surface area contributed by atoms with Gasteiger partial charge in [0.15, 0.2) is 5.82 Å². The van der Waals surface area contributed by atoms with Crippen LogP contribution in [0.2, 0.25) is 0 Å². The molecule has 0 spiro atoms. The van der Waals surface area contributed by atoms with E-state index in [4.69, 9.17) is 0 Å². The molecule has 2 heterocycles. The standard InChI is InChI=1S/C20H20F6N4O2/c1-10(31)8-27-18-15-9-30(11(2)32)6-5-13(15)17(28-29-18)14-4-3-12(19(21,22)23)7-16(14)20(24,25)26/h3-4,7,10,31H,5-6,8-9H2,1-2H3,(H,27,29). The quantitative estimate of drug-likeness (QED) is 0.675. The largest absolute Gasteiger partial charge is 0.417 e. The van der Waals surface area contributed by atoms with Gasteiger partial charge in [0.2, 0.25) is 5.91 Å². The van der Waals surface area contributed by atoms with Crippen molar-refractivity contribution in [2.24, 2.45) is 0 Å². The lowest BCUT2D eigenvalue weighted by Gasteiger charge is -2.30. The molecule has 12 heteroatoms. The van der Waals surface area contributed by atoms with E-state index in [1.54, 1.807) is 0 Å². The Kier molecular flexibility index (Phi) is 6.36. The Morgan fingerprint density at radius 2 is 1.84 bits per heavy atom. The summed E-state index contributed by atoms with van der Waals surface area (Å²) in [5.74, 6) is -0.0583. The number of hydrogen-bond donors (Lipinski definition) is 2. The SMILES string of the molecule is CC(=O)N1CCc2c(-c3ccc(C(F)(F)F)cc3C(F)(F)F)nnc(NCC(C)O)c2C1. The van der Waals surface area contributed by atoms with E-state index in [9.17, 15) is 36.2 Å². The fourth-order valence-corrected chi connectivity index (χ4v) is 3.50. The van der Waals surface area contributed by atoms with Crippen LogP contribution in [0.3, 0.4) is 0 Å². The minimum Gasteiger partial charge on any atom is -0.392 e. The number of fused-ring (bicyclic) bond motifs is 1. The lowest BCUT2D eigenvalue weighted by molar-refractivity contribution is -0.142. The maximum absolute atomic E-state index is 13.7. The molecule has 0 fully saturated rings. The lowest BCUT2D eigenvalue weighted by atomic mass is 9.92. The summed E-state index contributed by atoms with van der Waals surface area (Å²) in [6.45, 7) is 3.19. The van der Waals surface area contributed by atoms with Crippen molar-refractivity contribution >= 4 is 11.7 Å². The lowest BCUT2D eigenvalue weighted by Crippen LogP contribution is -2.35. The number of amides is 1. The van der Waals surface area contributed by atoms with Crippen LogP contribution in [0.4, 0.5) is 32.2 Å². The molecule has 3 rings (SSSR count). The zero-order valence-electron chi connectivity index (χ0n) is 17.1. The normalized spacial score (nSPS) is 15.3. The van der Waals surface area contributed by atoms with E-state index in [0.717, 1.165) is 6.07 Å². The van der Waals surface area contributed by atoms with Gasteiger partial charge in [0.25, 0.3) is 0 Å². The van der Waals surface area contributed by atoms with Crippen LogP contribution in [0.25, 0.3) is 11.3 Å². The summed E-state index contributed by atoms with van der Waals surface area (Å²) in [5, 5.41) is 20.2. The summed E-state index contributed by atoms with van der Waals surface area (Å²) >= 11 is 0. The van der Waals surface area contributed by atoms with Gasteiger partial charge in [0.1, 0.15) is 0 Å². The van der Waals surface area contributed by atoms with Gasteiger partial charge in [-0.2, -0.15) is 26.3 Å². The number of anilines is 1. The number of nitrogens with zero attached hydrogens (tertiary/aromatic N) is 3. The van der Waals surface area contributed by atoms with Crippen molar-refractivity contribution in [3.05, 3.63) is 40.5 Å². The van der Waals surface area contributed by atoms with Crippen molar-refractivity contribution in [2.75, 3.05) is 18.4 Å². The molecule has 6 nitrogen and oxygen atoms in total. The molecule has 0 bridgehead atoms. The molecule has 0 aliphatic carbocycles. The number of rotatable bonds is 4. The number of nitrogens with one attached hydrogen (secondary N) is 1. The van der Waals surface area contributed by atoms with Gasteiger partial charge in [-0.15, -0.1) is 10.2 Å². The molecule has 1 aromatic heterocycles. The Morgan fingerprint density at radius 3 is 2.41 bits per heavy atom. The number of benzene rings is 1. The number of aromatic nitrogens is 2. The summed E-state index contributed by atoms with van der Waals surface area (Å²) in [5.41, 5.74) is -2.84. The smallest absolute Gasteiger partial charge is 0.392 e. The molecular weight excluding hydrogens is 442 g/mol. The van der Waals surface area contributed by atoms with E-state index in [-0.39, 0.29) is 49.5 Å². The van der Waals surface area contributed by atoms with Crippen molar-refractivity contribution in [3.63, 3.8) is 0 Å². The van der Waals surface area contributed by atoms with Gasteiger partial charge < -0.3 is 15.3 Å². The zero-order valence-corrected chi connectivity index (χ0v) is 17.1. The van der Waals surface area contributed by atoms with Gasteiger partial charge in [0.05, 0.1) is 22.9 Å². The minimum atomic E-state index is -5.06. The van der Waals surface area contributed by atoms with Gasteiger partial charge >= 0.3 is 12.4 Å². The second-order valence-electron chi connectivity index (χ2n) is 7.53. The van der Waals surface area contributed by atoms with Crippen LogP contribution in [-0.2, 0) is 30.1 Å². The van der Waals surface area contributed by atoms with Crippen molar-refractivity contribution in [1.29, 1.82) is 0 Å². The molecule has 1 aliphatic heterocycles. The average Bonchev–Trinajstić information content (AvgIpc) is 2.69. The van der Waals surface area contributed by atoms with Gasteiger partial charge in [-0.25, -0.2) is 0 Å². The number of aliphatic hydroxyl groups is 1. The second-order valence-corrected chi connectivity index (χ2v) is 7.53. The Morgan fingerprint density at radius 1 is 1.16 bits per heavy atom. The van der Waals surface area contributed by atoms with Crippen LogP contribution in [0.15, 0.2) is 18.2 Å². The molecule has 2 N–H and O–H groups in total. The number of carbonyl (C=O) groups excluding carboxylic acids is 1. The Balaban J connectivity index is 2.19. The van der Waals surface area contributed by atoms with Gasteiger partial charge in [0, 0.05) is 37.7 Å². The van der Waals surface area contributed by atoms with Crippen LogP contribution in [0.1, 0.15) is 36.1 Å². The molecule has 1 unspecified atom stereocenters. The van der Waals surface area contributed by atoms with Crippen LogP contribution in [0.5, 0.6) is 0 Å². The molecule has 0 saturated heterocycles. The van der Waals surface area contributed by atoms with Crippen molar-refractivity contribution in [2.45, 2.75) is 45.3 Å². The Labute approximate surface area is 179 Å². The fourth-order valence-electron chi connectivity index (χ4n) is 3.50. The number of halogens is 6. The van der Waals surface area contributed by atoms with Crippen molar-refractivity contribution < 1.29 is 36.2 Å². The van der Waals surface area contributed by atoms with E-state index in [1.165, 1.54) is 18.7 Å². The topological polar surface area (TPSA) is 78.4 Å². The summed E-state index contributed by atoms with van der Waals surface area (Å²) < 4.78 is 80.1. The van der Waals surface area contributed by atoms with E-state index in [1.807, 2.05) is 0 Å². The molecule has 1 atom stereocenters. The minimum absolute atomic E-state index is 0.0390. The average molecular weight is 462 g/mol. The summed E-state index contributed by atoms with van der Waals surface area (Å²) in [6.07, 6.45) is -10.6. The summed E-state index contributed by atoms with van der Waals surface area (Å²) in [4.78, 5) is 13.3. The zero-order chi connectivity index (χ0) is 23.8. The third-order valence-corrected chi connectivity index (χ3v) is 5.08. The third-order valence-electron chi connectivity index (χ3n) is 5.08. The maximum Gasteiger partial charge on any atom is 0.417 e. The molecule has 2 aromatic rings. The third kappa shape index (κ3) is 4.95. The molecule has 1 amide bonds. The molecular formula is C20H20F6N4O2. The summed E-state index contributed by atoms with van der Waals surface area (Å²) in [7, 11) is 0. The highest BCUT2D eigenvalue weighted by molar-refractivity contribution is 5.76. The van der Waals surface area contributed by atoms with Gasteiger partial charge in [-0.3, -0.25) is 4.79 Å². The molecule has 32 heavy (non-hydrogen) atoms. The molecule has 0 saturated carbocycles. The molecule has 1 aliphatic rings. The van der Waals surface area contributed by atoms with Crippen LogP contribution in [-0.4, -0.2) is 45.3 Å². The van der Waals surface area contributed by atoms with E-state index < -0.39 is 35.1 Å². The number of carbonyl (C=O) groups is 1. The van der Waals surface area contributed by atoms with Crippen LogP contribution in [0, 0.1) is 0 Å². The van der Waals surface area contributed by atoms with E-state index in [0.29, 0.717) is 17.2 Å². The highest BCUT2D eigenvalue weighted by Gasteiger charge is 2.39. The van der Waals surface area contributed by atoms with E-state index >= 15 is 0 Å². The predicted octanol–water partition coefficient (Wildman–Crippen LogP) is 3.88. The Bertz CT molecular complexity index is 1020. The number of hydrogen-bond acceptors (Lipinski definition) is 5. The van der Waals surface area contributed by atoms with Gasteiger partial charge in [-0.05, 0) is 31.0 Å². The van der Waals surface area contributed by atoms with Gasteiger partial charge in [-0.1, -0.05) is 6.07 Å². The van der Waals surface area contributed by atoms with Crippen LogP contribution >= 0.6 is 0 Å². The summed E-state index contributed by atoms with van der Waals surface area (Å²) in [6, 6.07) is 1.38. The fraction of sp³-hybridized carbons (Fsp3) is 0.450. The number of aliphatic hydroxyl groups excluding tert-OH is 1. The first-order valence-electron chi connectivity index (χ1n) is 9.63. The molecule has 1 aromatic carbocycles. The van der Waals surface area contributed by atoms with Crippen molar-refractivity contribution in [3.8, 4) is 11.3 Å². The monoisotopic (exact) mass is 462 g/mol. The maximum atomic E-state index is 13.7. The van der Waals surface area contributed by atoms with Crippen molar-refractivity contribution in [1.82, 2.24) is 15.1 Å². The first kappa shape index (κ1) is 23.8. The predicted molar refractivity (Wildman–Crippen MR) is 102 cm³/mol. The molecule has 174 valence electrons. The highest BCUT2D eigenvalue weighted by Crippen LogP contribution is 2.42. The van der Waals surface area contributed by atoms with Crippen LogP contribution < -0.4 is 5.32 Å². The second kappa shape index (κ2) is 8.57. The first-order chi connectivity index (χ1) is 14.8.